The average Bonchev–Trinajstić information content (AvgIpc) is 2.62. The van der Waals surface area contributed by atoms with Gasteiger partial charge in [-0.1, -0.05) is 12.1 Å². The highest BCUT2D eigenvalue weighted by atomic mass is 32.2. The SMILES string of the molecule is NC(CCC(=O)O)c1ccc2c(c1)S(=O)(=O)CC2. The van der Waals surface area contributed by atoms with Crippen LogP contribution in [0.1, 0.15) is 30.0 Å². The monoisotopic (exact) mass is 269 g/mol. The molecule has 5 nitrogen and oxygen atoms in total. The lowest BCUT2D eigenvalue weighted by Crippen LogP contribution is -2.13. The van der Waals surface area contributed by atoms with E-state index in [1.807, 2.05) is 0 Å². The minimum absolute atomic E-state index is 0.0228. The summed E-state index contributed by atoms with van der Waals surface area (Å²) < 4.78 is 23.5. The third-order valence-corrected chi connectivity index (χ3v) is 4.96. The third-order valence-electron chi connectivity index (χ3n) is 3.16. The number of sulfone groups is 1. The molecule has 1 atom stereocenters. The quantitative estimate of drug-likeness (QED) is 0.845. The highest BCUT2D eigenvalue weighted by Crippen LogP contribution is 2.29. The molecule has 98 valence electrons. The molecule has 6 heteroatoms. The zero-order valence-corrected chi connectivity index (χ0v) is 10.6. The van der Waals surface area contributed by atoms with Crippen LogP contribution in [-0.2, 0) is 21.1 Å². The summed E-state index contributed by atoms with van der Waals surface area (Å²) in [5, 5.41) is 8.60. The fourth-order valence-electron chi connectivity index (χ4n) is 2.10. The minimum atomic E-state index is -3.16. The Balaban J connectivity index is 2.24. The maximum Gasteiger partial charge on any atom is 0.303 e. The molecular formula is C12H15NO4S. The molecule has 0 bridgehead atoms. The van der Waals surface area contributed by atoms with Crippen molar-refractivity contribution in [1.82, 2.24) is 0 Å². The highest BCUT2D eigenvalue weighted by molar-refractivity contribution is 7.91. The summed E-state index contributed by atoms with van der Waals surface area (Å²) in [6, 6.07) is 4.70. The first-order chi connectivity index (χ1) is 8.40. The number of fused-ring (bicyclic) bond motifs is 1. The van der Waals surface area contributed by atoms with E-state index in [-0.39, 0.29) is 12.2 Å². The van der Waals surface area contributed by atoms with Crippen molar-refractivity contribution in [2.24, 2.45) is 5.73 Å². The van der Waals surface area contributed by atoms with Crippen molar-refractivity contribution in [1.29, 1.82) is 0 Å². The maximum atomic E-state index is 11.8. The molecule has 0 fully saturated rings. The zero-order valence-electron chi connectivity index (χ0n) is 9.80. The first-order valence-corrected chi connectivity index (χ1v) is 7.38. The number of hydrogen-bond donors (Lipinski definition) is 2. The van der Waals surface area contributed by atoms with E-state index in [0.717, 1.165) is 5.56 Å². The lowest BCUT2D eigenvalue weighted by molar-refractivity contribution is -0.137. The first-order valence-electron chi connectivity index (χ1n) is 5.73. The van der Waals surface area contributed by atoms with Gasteiger partial charge in [-0.3, -0.25) is 4.79 Å². The van der Waals surface area contributed by atoms with Gasteiger partial charge in [0.2, 0.25) is 0 Å². The normalized spacial score (nSPS) is 18.3. The van der Waals surface area contributed by atoms with Gasteiger partial charge >= 0.3 is 5.97 Å². The topological polar surface area (TPSA) is 97.5 Å². The number of aryl methyl sites for hydroxylation is 1. The summed E-state index contributed by atoms with van der Waals surface area (Å²) in [7, 11) is -3.16. The van der Waals surface area contributed by atoms with Gasteiger partial charge in [-0.25, -0.2) is 8.42 Å². The van der Waals surface area contributed by atoms with Crippen molar-refractivity contribution in [2.75, 3.05) is 5.75 Å². The predicted molar refractivity (Wildman–Crippen MR) is 66.0 cm³/mol. The van der Waals surface area contributed by atoms with E-state index in [1.54, 1.807) is 18.2 Å². The fourth-order valence-corrected chi connectivity index (χ4v) is 3.69. The van der Waals surface area contributed by atoms with Gasteiger partial charge < -0.3 is 10.8 Å². The second kappa shape index (κ2) is 4.70. The van der Waals surface area contributed by atoms with E-state index in [1.165, 1.54) is 0 Å². The van der Waals surface area contributed by atoms with Crippen molar-refractivity contribution in [2.45, 2.75) is 30.2 Å². The van der Waals surface area contributed by atoms with Crippen LogP contribution in [0.15, 0.2) is 23.1 Å². The van der Waals surface area contributed by atoms with Gasteiger partial charge in [0, 0.05) is 12.5 Å². The molecule has 1 aliphatic rings. The highest BCUT2D eigenvalue weighted by Gasteiger charge is 2.26. The number of aliphatic carboxylic acids is 1. The van der Waals surface area contributed by atoms with E-state index < -0.39 is 21.8 Å². The van der Waals surface area contributed by atoms with Gasteiger partial charge in [-0.15, -0.1) is 0 Å². The smallest absolute Gasteiger partial charge is 0.303 e. The van der Waals surface area contributed by atoms with Crippen molar-refractivity contribution < 1.29 is 18.3 Å². The molecule has 1 aliphatic heterocycles. The van der Waals surface area contributed by atoms with Crippen molar-refractivity contribution in [3.8, 4) is 0 Å². The standard InChI is InChI=1S/C12H15NO4S/c13-10(3-4-12(14)15)9-2-1-8-5-6-18(16,17)11(8)7-9/h1-2,7,10H,3-6,13H2,(H,14,15). The second-order valence-corrected chi connectivity index (χ2v) is 6.55. The van der Waals surface area contributed by atoms with Crippen molar-refractivity contribution in [3.05, 3.63) is 29.3 Å². The average molecular weight is 269 g/mol. The molecule has 0 radical (unpaired) electrons. The molecule has 0 aliphatic carbocycles. The summed E-state index contributed by atoms with van der Waals surface area (Å²) in [5.74, 6) is -0.755. The number of benzene rings is 1. The van der Waals surface area contributed by atoms with E-state index in [4.69, 9.17) is 10.8 Å². The lowest BCUT2D eigenvalue weighted by atomic mass is 10.0. The summed E-state index contributed by atoms with van der Waals surface area (Å²) in [5.41, 5.74) is 7.37. The number of hydrogen-bond acceptors (Lipinski definition) is 4. The molecule has 1 heterocycles. The zero-order chi connectivity index (χ0) is 13.3. The van der Waals surface area contributed by atoms with Crippen molar-refractivity contribution in [3.63, 3.8) is 0 Å². The minimum Gasteiger partial charge on any atom is -0.481 e. The molecule has 0 spiro atoms. The van der Waals surface area contributed by atoms with E-state index in [9.17, 15) is 13.2 Å². The molecule has 18 heavy (non-hydrogen) atoms. The summed E-state index contributed by atoms with van der Waals surface area (Å²) in [6.07, 6.45) is 0.821. The Bertz CT molecular complexity index is 580. The Kier molecular flexibility index (Phi) is 3.41. The van der Waals surface area contributed by atoms with Crippen LogP contribution in [0.2, 0.25) is 0 Å². The van der Waals surface area contributed by atoms with Gasteiger partial charge in [0.05, 0.1) is 10.6 Å². The molecular weight excluding hydrogens is 254 g/mol. The van der Waals surface area contributed by atoms with Crippen LogP contribution >= 0.6 is 0 Å². The number of carboxylic acid groups (broad SMARTS) is 1. The Morgan fingerprint density at radius 3 is 2.83 bits per heavy atom. The summed E-state index contributed by atoms with van der Waals surface area (Å²) in [4.78, 5) is 10.8. The Hall–Kier alpha value is -1.40. The Labute approximate surface area is 106 Å². The molecule has 3 N–H and O–H groups in total. The molecule has 0 saturated carbocycles. The van der Waals surface area contributed by atoms with Crippen LogP contribution in [0.25, 0.3) is 0 Å². The fraction of sp³-hybridized carbons (Fsp3) is 0.417. The van der Waals surface area contributed by atoms with Crippen LogP contribution in [0.4, 0.5) is 0 Å². The molecule has 1 aromatic carbocycles. The molecule has 0 amide bonds. The summed E-state index contributed by atoms with van der Waals surface area (Å²) >= 11 is 0. The number of carbonyl (C=O) groups is 1. The van der Waals surface area contributed by atoms with Crippen LogP contribution in [0, 0.1) is 0 Å². The molecule has 1 unspecified atom stereocenters. The molecule has 0 aromatic heterocycles. The number of nitrogens with two attached hydrogens (primary N) is 1. The van der Waals surface area contributed by atoms with Crippen molar-refractivity contribution >= 4 is 15.8 Å². The van der Waals surface area contributed by atoms with Crippen LogP contribution in [-0.4, -0.2) is 25.2 Å². The van der Waals surface area contributed by atoms with E-state index in [2.05, 4.69) is 0 Å². The van der Waals surface area contributed by atoms with Crippen LogP contribution < -0.4 is 5.73 Å². The Morgan fingerprint density at radius 1 is 1.44 bits per heavy atom. The Morgan fingerprint density at radius 2 is 2.17 bits per heavy atom. The van der Waals surface area contributed by atoms with Crippen LogP contribution in [0.3, 0.4) is 0 Å². The molecule has 2 rings (SSSR count). The van der Waals surface area contributed by atoms with Gasteiger partial charge in [0.15, 0.2) is 9.84 Å². The predicted octanol–water partition coefficient (Wildman–Crippen LogP) is 0.881. The van der Waals surface area contributed by atoms with Gasteiger partial charge in [0.25, 0.3) is 0 Å². The first kappa shape index (κ1) is 13.0. The third kappa shape index (κ3) is 2.54. The van der Waals surface area contributed by atoms with Gasteiger partial charge in [-0.2, -0.15) is 0 Å². The van der Waals surface area contributed by atoms with E-state index >= 15 is 0 Å². The van der Waals surface area contributed by atoms with Gasteiger partial charge in [-0.05, 0) is 30.0 Å². The summed E-state index contributed by atoms with van der Waals surface area (Å²) in [6.45, 7) is 0. The lowest BCUT2D eigenvalue weighted by Gasteiger charge is -2.12. The second-order valence-electron chi connectivity index (χ2n) is 4.47. The van der Waals surface area contributed by atoms with Gasteiger partial charge in [0.1, 0.15) is 0 Å². The number of carboxylic acids is 1. The molecule has 0 saturated heterocycles. The number of rotatable bonds is 4. The maximum absolute atomic E-state index is 11.8. The van der Waals surface area contributed by atoms with Crippen LogP contribution in [0.5, 0.6) is 0 Å². The molecule has 1 aromatic rings. The van der Waals surface area contributed by atoms with E-state index in [0.29, 0.717) is 23.3 Å². The largest absolute Gasteiger partial charge is 0.481 e.